The molecule has 0 unspecified atom stereocenters. The molecule has 0 saturated carbocycles. The summed E-state index contributed by atoms with van der Waals surface area (Å²) >= 11 is 12.1. The predicted octanol–water partition coefficient (Wildman–Crippen LogP) is 1.87. The second-order valence-electron chi connectivity index (χ2n) is 6.88. The molecule has 2 rings (SSSR count). The minimum Gasteiger partial charge on any atom is -0.396 e. The summed E-state index contributed by atoms with van der Waals surface area (Å²) in [6, 6.07) is 10.7. The number of nitrogens with zero attached hydrogens (tertiary/aromatic N) is 2. The molecule has 176 valence electrons. The molecule has 11 nitrogen and oxygen atoms in total. The Balaban J connectivity index is 2.02. The van der Waals surface area contributed by atoms with Gasteiger partial charge in [0.25, 0.3) is 11.9 Å². The highest BCUT2D eigenvalue weighted by atomic mass is 35.5. The van der Waals surface area contributed by atoms with Gasteiger partial charge in [0.2, 0.25) is 5.91 Å². The topological polar surface area (TPSA) is 178 Å². The van der Waals surface area contributed by atoms with Crippen LogP contribution in [-0.2, 0) is 11.3 Å². The summed E-state index contributed by atoms with van der Waals surface area (Å²) in [6.07, 6.45) is 0.590. The predicted molar refractivity (Wildman–Crippen MR) is 126 cm³/mol. The zero-order chi connectivity index (χ0) is 24.4. The van der Waals surface area contributed by atoms with E-state index in [1.807, 2.05) is 0 Å². The van der Waals surface area contributed by atoms with E-state index >= 15 is 0 Å². The number of rotatable bonds is 10. The van der Waals surface area contributed by atoms with Crippen molar-refractivity contribution < 1.29 is 14.6 Å². The zero-order valence-electron chi connectivity index (χ0n) is 17.4. The maximum Gasteiger partial charge on any atom is 0.266 e. The molecule has 7 N–H and O–H groups in total. The molecule has 0 aliphatic rings. The molecule has 13 heteroatoms. The Hall–Kier alpha value is -3.57. The van der Waals surface area contributed by atoms with Gasteiger partial charge in [0, 0.05) is 18.7 Å². The van der Waals surface area contributed by atoms with Crippen molar-refractivity contribution in [3.05, 3.63) is 73.8 Å². The average Bonchev–Trinajstić information content (AvgIpc) is 2.77. The SMILES string of the molecule is NC(=N[N+](=O)[O-])NCCC[C@@H](NC(=O)c1ccccc1)C(=O)NCc1cc(Cl)c(N)c(Cl)c1. The normalized spacial score (nSPS) is 12.0. The minimum absolute atomic E-state index is 0.108. The Morgan fingerprint density at radius 2 is 1.76 bits per heavy atom. The molecule has 0 fully saturated rings. The number of hydrogen-bond donors (Lipinski definition) is 5. The highest BCUT2D eigenvalue weighted by Gasteiger charge is 2.21. The van der Waals surface area contributed by atoms with Crippen molar-refractivity contribution >= 4 is 46.7 Å². The first-order valence-corrected chi connectivity index (χ1v) is 10.5. The van der Waals surface area contributed by atoms with E-state index in [4.69, 9.17) is 34.7 Å². The summed E-state index contributed by atoms with van der Waals surface area (Å²) in [6.45, 7) is 0.314. The fraction of sp³-hybridized carbons (Fsp3) is 0.250. The zero-order valence-corrected chi connectivity index (χ0v) is 18.9. The number of halogens is 2. The summed E-state index contributed by atoms with van der Waals surface area (Å²) in [7, 11) is 0. The second-order valence-corrected chi connectivity index (χ2v) is 7.69. The monoisotopic (exact) mass is 495 g/mol. The third-order valence-corrected chi connectivity index (χ3v) is 5.05. The van der Waals surface area contributed by atoms with Gasteiger partial charge in [-0.05, 0) is 42.7 Å². The maximum absolute atomic E-state index is 12.8. The lowest BCUT2D eigenvalue weighted by Crippen LogP contribution is -2.47. The van der Waals surface area contributed by atoms with E-state index in [1.165, 1.54) is 0 Å². The molecule has 0 saturated heterocycles. The lowest BCUT2D eigenvalue weighted by molar-refractivity contribution is -0.485. The number of benzene rings is 2. The van der Waals surface area contributed by atoms with Gasteiger partial charge in [0.15, 0.2) is 5.03 Å². The molecule has 0 spiro atoms. The molecule has 0 radical (unpaired) electrons. The Kier molecular flexibility index (Phi) is 9.70. The highest BCUT2D eigenvalue weighted by Crippen LogP contribution is 2.28. The first-order valence-electron chi connectivity index (χ1n) is 9.76. The standard InChI is InChI=1S/C20H23Cl2N7O4/c21-14-9-12(10-15(22)17(14)23)11-26-19(31)16(7-4-8-25-20(24)28-29(32)33)27-18(30)13-5-2-1-3-6-13/h1-3,5-6,9-10,16H,4,7-8,11,23H2,(H,26,31)(H,27,30)(H3,24,25,28)/t16-/m1/s1. The summed E-state index contributed by atoms with van der Waals surface area (Å²) in [5.74, 6) is -1.21. The van der Waals surface area contributed by atoms with Gasteiger partial charge >= 0.3 is 0 Å². The van der Waals surface area contributed by atoms with Crippen LogP contribution in [0.5, 0.6) is 0 Å². The van der Waals surface area contributed by atoms with Crippen molar-refractivity contribution in [1.29, 1.82) is 0 Å². The van der Waals surface area contributed by atoms with Crippen molar-refractivity contribution in [1.82, 2.24) is 16.0 Å². The Bertz CT molecular complexity index is 1010. The minimum atomic E-state index is -0.922. The molecule has 0 aromatic heterocycles. The number of amides is 2. The van der Waals surface area contributed by atoms with Crippen LogP contribution in [0.25, 0.3) is 0 Å². The van der Waals surface area contributed by atoms with Crippen LogP contribution in [0.4, 0.5) is 5.69 Å². The van der Waals surface area contributed by atoms with Crippen molar-refractivity contribution in [2.24, 2.45) is 10.8 Å². The fourth-order valence-electron chi connectivity index (χ4n) is 2.80. The van der Waals surface area contributed by atoms with Gasteiger partial charge in [-0.2, -0.15) is 0 Å². The van der Waals surface area contributed by atoms with E-state index < -0.39 is 22.9 Å². The van der Waals surface area contributed by atoms with E-state index in [0.29, 0.717) is 17.5 Å². The van der Waals surface area contributed by atoms with Crippen LogP contribution < -0.4 is 27.4 Å². The summed E-state index contributed by atoms with van der Waals surface area (Å²) in [5.41, 5.74) is 12.4. The van der Waals surface area contributed by atoms with E-state index in [2.05, 4.69) is 21.1 Å². The third kappa shape index (κ3) is 8.47. The third-order valence-electron chi connectivity index (χ3n) is 4.43. The quantitative estimate of drug-likeness (QED) is 0.0832. The van der Waals surface area contributed by atoms with E-state index in [-0.39, 0.29) is 41.2 Å². The lowest BCUT2D eigenvalue weighted by atomic mass is 10.1. The number of nitrogen functional groups attached to an aromatic ring is 1. The number of hydrogen-bond acceptors (Lipinski definition) is 5. The van der Waals surface area contributed by atoms with Gasteiger partial charge in [-0.3, -0.25) is 9.59 Å². The largest absolute Gasteiger partial charge is 0.396 e. The van der Waals surface area contributed by atoms with Gasteiger partial charge in [-0.15, -0.1) is 0 Å². The molecule has 2 amide bonds. The number of anilines is 1. The Morgan fingerprint density at radius 1 is 1.12 bits per heavy atom. The van der Waals surface area contributed by atoms with Gasteiger partial charge in [0.05, 0.1) is 15.7 Å². The maximum atomic E-state index is 12.8. The average molecular weight is 496 g/mol. The molecule has 0 aliphatic heterocycles. The summed E-state index contributed by atoms with van der Waals surface area (Å²) in [4.78, 5) is 35.7. The number of guanidine groups is 1. The van der Waals surface area contributed by atoms with E-state index in [0.717, 1.165) is 0 Å². The van der Waals surface area contributed by atoms with Crippen LogP contribution in [0, 0.1) is 10.1 Å². The van der Waals surface area contributed by atoms with Gasteiger partial charge in [0.1, 0.15) is 11.1 Å². The van der Waals surface area contributed by atoms with Crippen LogP contribution in [0.3, 0.4) is 0 Å². The van der Waals surface area contributed by atoms with Crippen molar-refractivity contribution in [2.45, 2.75) is 25.4 Å². The molecule has 0 bridgehead atoms. The number of nitrogens with one attached hydrogen (secondary N) is 3. The summed E-state index contributed by atoms with van der Waals surface area (Å²) < 4.78 is 0. The smallest absolute Gasteiger partial charge is 0.266 e. The van der Waals surface area contributed by atoms with E-state index in [1.54, 1.807) is 42.5 Å². The molecule has 1 atom stereocenters. The molecule has 33 heavy (non-hydrogen) atoms. The van der Waals surface area contributed by atoms with Crippen molar-refractivity contribution in [2.75, 3.05) is 12.3 Å². The van der Waals surface area contributed by atoms with E-state index in [9.17, 15) is 19.7 Å². The number of carbonyl (C=O) groups excluding carboxylic acids is 2. The van der Waals surface area contributed by atoms with Crippen molar-refractivity contribution in [3.63, 3.8) is 0 Å². The van der Waals surface area contributed by atoms with Crippen LogP contribution in [0.1, 0.15) is 28.8 Å². The van der Waals surface area contributed by atoms with Crippen LogP contribution >= 0.6 is 23.2 Å². The van der Waals surface area contributed by atoms with Gasteiger partial charge in [-0.1, -0.05) is 41.4 Å². The van der Waals surface area contributed by atoms with Gasteiger partial charge < -0.3 is 27.4 Å². The number of nitrogens with two attached hydrogens (primary N) is 2. The first kappa shape index (κ1) is 25.7. The van der Waals surface area contributed by atoms with Gasteiger partial charge in [-0.25, -0.2) is 10.1 Å². The molecular weight excluding hydrogens is 473 g/mol. The molecule has 0 heterocycles. The molecule has 2 aromatic carbocycles. The Morgan fingerprint density at radius 3 is 2.36 bits per heavy atom. The van der Waals surface area contributed by atoms with Crippen molar-refractivity contribution in [3.8, 4) is 0 Å². The van der Waals surface area contributed by atoms with Crippen LogP contribution in [0.15, 0.2) is 47.6 Å². The number of carbonyl (C=O) groups is 2. The number of hydrazone groups is 1. The first-order chi connectivity index (χ1) is 15.7. The van der Waals surface area contributed by atoms with Crippen LogP contribution in [-0.4, -0.2) is 35.4 Å². The Labute approximate surface area is 199 Å². The molecular formula is C20H23Cl2N7O4. The molecule has 0 aliphatic carbocycles. The highest BCUT2D eigenvalue weighted by molar-refractivity contribution is 6.38. The lowest BCUT2D eigenvalue weighted by Gasteiger charge is -2.19. The summed E-state index contributed by atoms with van der Waals surface area (Å²) in [5, 5.41) is 20.9. The second kappa shape index (κ2) is 12.5. The number of nitro groups is 1. The fourth-order valence-corrected chi connectivity index (χ4v) is 3.33. The van der Waals surface area contributed by atoms with Crippen LogP contribution in [0.2, 0.25) is 10.0 Å². The molecule has 2 aromatic rings.